The zero-order valence-electron chi connectivity index (χ0n) is 16.7. The van der Waals surface area contributed by atoms with Crippen LogP contribution in [0.5, 0.6) is 0 Å². The van der Waals surface area contributed by atoms with Crippen molar-refractivity contribution in [2.24, 2.45) is 0 Å². The van der Waals surface area contributed by atoms with Gasteiger partial charge in [-0.05, 0) is 49.6 Å². The van der Waals surface area contributed by atoms with Crippen molar-refractivity contribution in [2.45, 2.75) is 33.2 Å². The summed E-state index contributed by atoms with van der Waals surface area (Å²) in [5.41, 5.74) is 1.62. The summed E-state index contributed by atoms with van der Waals surface area (Å²) in [6.45, 7) is 5.62. The highest BCUT2D eigenvalue weighted by atomic mass is 32.1. The summed E-state index contributed by atoms with van der Waals surface area (Å²) in [4.78, 5) is 39.1. The largest absolute Gasteiger partial charge is 0.342 e. The van der Waals surface area contributed by atoms with Gasteiger partial charge in [0.1, 0.15) is 6.54 Å². The fraction of sp³-hybridized carbons (Fsp3) is 0.318. The Balaban J connectivity index is 1.61. The SMILES string of the molecule is CCN(CC)C(=O)Cn1ccc2cc(NC(=O)CCC(=O)c3cccs3)ccc21. The molecule has 0 saturated heterocycles. The fourth-order valence-electron chi connectivity index (χ4n) is 3.25. The van der Waals surface area contributed by atoms with Crippen molar-refractivity contribution in [1.29, 1.82) is 0 Å². The number of benzene rings is 1. The third-order valence-corrected chi connectivity index (χ3v) is 5.76. The molecule has 2 amide bonds. The number of likely N-dealkylation sites (N-methyl/N-ethyl adjacent to an activating group) is 1. The van der Waals surface area contributed by atoms with Gasteiger partial charge < -0.3 is 14.8 Å². The first-order valence-electron chi connectivity index (χ1n) is 9.75. The van der Waals surface area contributed by atoms with E-state index in [4.69, 9.17) is 0 Å². The second-order valence-corrected chi connectivity index (χ2v) is 7.68. The molecule has 1 aromatic carbocycles. The first-order valence-corrected chi connectivity index (χ1v) is 10.6. The minimum Gasteiger partial charge on any atom is -0.342 e. The van der Waals surface area contributed by atoms with Gasteiger partial charge in [-0.3, -0.25) is 14.4 Å². The number of carbonyl (C=O) groups excluding carboxylic acids is 3. The van der Waals surface area contributed by atoms with Crippen molar-refractivity contribution in [3.63, 3.8) is 0 Å². The van der Waals surface area contributed by atoms with E-state index in [1.807, 2.05) is 60.3 Å². The molecular formula is C22H25N3O3S. The van der Waals surface area contributed by atoms with Crippen LogP contribution in [0.2, 0.25) is 0 Å². The molecule has 0 spiro atoms. The van der Waals surface area contributed by atoms with Crippen LogP contribution in [0.25, 0.3) is 10.9 Å². The summed E-state index contributed by atoms with van der Waals surface area (Å²) in [5.74, 6) is -0.119. The molecule has 0 aliphatic heterocycles. The lowest BCUT2D eigenvalue weighted by Gasteiger charge is -2.19. The second kappa shape index (κ2) is 9.52. The maximum atomic E-state index is 12.4. The third-order valence-electron chi connectivity index (χ3n) is 4.85. The smallest absolute Gasteiger partial charge is 0.242 e. The number of anilines is 1. The van der Waals surface area contributed by atoms with E-state index in [-0.39, 0.29) is 30.4 Å². The van der Waals surface area contributed by atoms with Gasteiger partial charge in [0.15, 0.2) is 5.78 Å². The van der Waals surface area contributed by atoms with Crippen molar-refractivity contribution in [3.8, 4) is 0 Å². The van der Waals surface area contributed by atoms with Gasteiger partial charge >= 0.3 is 0 Å². The Kier molecular flexibility index (Phi) is 6.82. The molecule has 0 atom stereocenters. The molecule has 0 fully saturated rings. The number of hydrogen-bond acceptors (Lipinski definition) is 4. The molecule has 0 saturated carbocycles. The van der Waals surface area contributed by atoms with Crippen molar-refractivity contribution < 1.29 is 14.4 Å². The maximum Gasteiger partial charge on any atom is 0.242 e. The Morgan fingerprint density at radius 2 is 1.86 bits per heavy atom. The normalized spacial score (nSPS) is 10.8. The summed E-state index contributed by atoms with van der Waals surface area (Å²) in [7, 11) is 0. The number of nitrogens with zero attached hydrogens (tertiary/aromatic N) is 2. The number of hydrogen-bond donors (Lipinski definition) is 1. The molecular weight excluding hydrogens is 386 g/mol. The fourth-order valence-corrected chi connectivity index (χ4v) is 3.94. The first kappa shape index (κ1) is 20.8. The number of thiophene rings is 1. The Morgan fingerprint density at radius 1 is 1.07 bits per heavy atom. The molecule has 29 heavy (non-hydrogen) atoms. The van der Waals surface area contributed by atoms with Crippen LogP contribution in [-0.2, 0) is 16.1 Å². The van der Waals surface area contributed by atoms with Crippen LogP contribution in [-0.4, -0.2) is 40.2 Å². The van der Waals surface area contributed by atoms with E-state index in [0.29, 0.717) is 30.2 Å². The van der Waals surface area contributed by atoms with E-state index in [2.05, 4.69) is 5.32 Å². The van der Waals surface area contributed by atoms with Crippen molar-refractivity contribution >= 4 is 45.5 Å². The van der Waals surface area contributed by atoms with Gasteiger partial charge in [-0.2, -0.15) is 0 Å². The van der Waals surface area contributed by atoms with Gasteiger partial charge in [0.25, 0.3) is 0 Å². The Labute approximate surface area is 174 Å². The average Bonchev–Trinajstić information content (AvgIpc) is 3.37. The van der Waals surface area contributed by atoms with Gasteiger partial charge in [0, 0.05) is 48.7 Å². The molecule has 0 unspecified atom stereocenters. The van der Waals surface area contributed by atoms with Gasteiger partial charge in [-0.15, -0.1) is 11.3 Å². The van der Waals surface area contributed by atoms with Crippen LogP contribution in [0.15, 0.2) is 48.0 Å². The lowest BCUT2D eigenvalue weighted by molar-refractivity contribution is -0.131. The molecule has 2 heterocycles. The van der Waals surface area contributed by atoms with E-state index < -0.39 is 0 Å². The lowest BCUT2D eigenvalue weighted by Crippen LogP contribution is -2.33. The number of carbonyl (C=O) groups is 3. The van der Waals surface area contributed by atoms with Gasteiger partial charge in [0.05, 0.1) is 4.88 Å². The molecule has 0 radical (unpaired) electrons. The minimum absolute atomic E-state index is 0.0134. The number of Topliss-reactive ketones (excluding diaryl/α,β-unsaturated/α-hetero) is 1. The molecule has 2 aromatic heterocycles. The number of fused-ring (bicyclic) bond motifs is 1. The molecule has 0 aliphatic rings. The highest BCUT2D eigenvalue weighted by Gasteiger charge is 2.13. The zero-order valence-corrected chi connectivity index (χ0v) is 17.5. The van der Waals surface area contributed by atoms with Gasteiger partial charge in [-0.1, -0.05) is 6.07 Å². The molecule has 6 nitrogen and oxygen atoms in total. The molecule has 3 rings (SSSR count). The molecule has 7 heteroatoms. The summed E-state index contributed by atoms with van der Waals surface area (Å²) in [5, 5.41) is 5.65. The number of amides is 2. The van der Waals surface area contributed by atoms with Crippen LogP contribution in [0.4, 0.5) is 5.69 Å². The monoisotopic (exact) mass is 411 g/mol. The number of rotatable bonds is 9. The van der Waals surface area contributed by atoms with Crippen LogP contribution in [0.3, 0.4) is 0 Å². The summed E-state index contributed by atoms with van der Waals surface area (Å²) in [6.07, 6.45) is 2.23. The highest BCUT2D eigenvalue weighted by Crippen LogP contribution is 2.21. The van der Waals surface area contributed by atoms with Gasteiger partial charge in [-0.25, -0.2) is 0 Å². The number of ketones is 1. The zero-order chi connectivity index (χ0) is 20.8. The first-order chi connectivity index (χ1) is 14.0. The summed E-state index contributed by atoms with van der Waals surface area (Å²) in [6, 6.07) is 11.1. The Hall–Kier alpha value is -2.93. The second-order valence-electron chi connectivity index (χ2n) is 6.73. The Bertz CT molecular complexity index is 1000. The van der Waals surface area contributed by atoms with Crippen LogP contribution in [0, 0.1) is 0 Å². The molecule has 3 aromatic rings. The van der Waals surface area contributed by atoms with Gasteiger partial charge in [0.2, 0.25) is 11.8 Å². The van der Waals surface area contributed by atoms with E-state index in [0.717, 1.165) is 10.9 Å². The lowest BCUT2D eigenvalue weighted by atomic mass is 10.2. The minimum atomic E-state index is -0.189. The van der Waals surface area contributed by atoms with Crippen LogP contribution in [0.1, 0.15) is 36.4 Å². The van der Waals surface area contributed by atoms with E-state index in [1.165, 1.54) is 11.3 Å². The standard InChI is InChI=1S/C22H25N3O3S/c1-3-24(4-2)22(28)15-25-12-11-16-14-17(7-8-18(16)25)23-21(27)10-9-19(26)20-6-5-13-29-20/h5-8,11-14H,3-4,9-10,15H2,1-2H3,(H,23,27). The molecule has 152 valence electrons. The summed E-state index contributed by atoms with van der Waals surface area (Å²) >= 11 is 1.39. The van der Waals surface area contributed by atoms with Crippen molar-refractivity contribution in [1.82, 2.24) is 9.47 Å². The molecule has 0 bridgehead atoms. The quantitative estimate of drug-likeness (QED) is 0.537. The number of nitrogens with one attached hydrogen (secondary N) is 1. The topological polar surface area (TPSA) is 71.4 Å². The Morgan fingerprint density at radius 3 is 2.55 bits per heavy atom. The van der Waals surface area contributed by atoms with E-state index in [9.17, 15) is 14.4 Å². The van der Waals surface area contributed by atoms with Crippen molar-refractivity contribution in [3.05, 3.63) is 52.9 Å². The van der Waals surface area contributed by atoms with Crippen LogP contribution >= 0.6 is 11.3 Å². The number of aromatic nitrogens is 1. The van der Waals surface area contributed by atoms with E-state index >= 15 is 0 Å². The van der Waals surface area contributed by atoms with E-state index in [1.54, 1.807) is 11.0 Å². The van der Waals surface area contributed by atoms with Crippen molar-refractivity contribution in [2.75, 3.05) is 18.4 Å². The molecule has 0 aliphatic carbocycles. The maximum absolute atomic E-state index is 12.4. The molecule has 1 N–H and O–H groups in total. The average molecular weight is 412 g/mol. The predicted octanol–water partition coefficient (Wildman–Crippen LogP) is 4.17. The summed E-state index contributed by atoms with van der Waals surface area (Å²) < 4.78 is 1.92. The third kappa shape index (κ3) is 5.12. The predicted molar refractivity (Wildman–Crippen MR) is 116 cm³/mol. The van der Waals surface area contributed by atoms with Crippen LogP contribution < -0.4 is 5.32 Å². The highest BCUT2D eigenvalue weighted by molar-refractivity contribution is 7.12.